The van der Waals surface area contributed by atoms with Crippen LogP contribution in [-0.4, -0.2) is 25.9 Å². The number of benzene rings is 2. The SMILES string of the molecule is COc1cc2c(cc1OC)C(NCC(O)c1ccccc1F)CCC2. The van der Waals surface area contributed by atoms with E-state index < -0.39 is 6.10 Å². The van der Waals surface area contributed by atoms with Crippen LogP contribution in [0.15, 0.2) is 36.4 Å². The predicted octanol–water partition coefficient (Wildman–Crippen LogP) is 3.54. The highest BCUT2D eigenvalue weighted by Gasteiger charge is 2.24. The molecule has 134 valence electrons. The Morgan fingerprint density at radius 1 is 1.20 bits per heavy atom. The van der Waals surface area contributed by atoms with E-state index in [-0.39, 0.29) is 11.9 Å². The first kappa shape index (κ1) is 17.7. The zero-order valence-corrected chi connectivity index (χ0v) is 14.6. The molecule has 0 saturated heterocycles. The van der Waals surface area contributed by atoms with Crippen molar-refractivity contribution in [2.24, 2.45) is 0 Å². The number of methoxy groups -OCH3 is 2. The van der Waals surface area contributed by atoms with Crippen molar-refractivity contribution in [3.8, 4) is 11.5 Å². The molecule has 25 heavy (non-hydrogen) atoms. The minimum Gasteiger partial charge on any atom is -0.493 e. The Bertz CT molecular complexity index is 735. The first-order valence-corrected chi connectivity index (χ1v) is 8.54. The van der Waals surface area contributed by atoms with Gasteiger partial charge in [0.05, 0.1) is 20.3 Å². The summed E-state index contributed by atoms with van der Waals surface area (Å²) in [5.41, 5.74) is 2.70. The number of halogens is 1. The van der Waals surface area contributed by atoms with Crippen LogP contribution in [0.1, 0.15) is 41.7 Å². The number of fused-ring (bicyclic) bond motifs is 1. The zero-order valence-electron chi connectivity index (χ0n) is 14.6. The number of ether oxygens (including phenoxy) is 2. The van der Waals surface area contributed by atoms with Crippen LogP contribution >= 0.6 is 0 Å². The van der Waals surface area contributed by atoms with Crippen LogP contribution in [0.5, 0.6) is 11.5 Å². The van der Waals surface area contributed by atoms with Crippen LogP contribution in [0.4, 0.5) is 4.39 Å². The molecule has 0 bridgehead atoms. The molecule has 0 aromatic heterocycles. The molecule has 0 spiro atoms. The van der Waals surface area contributed by atoms with E-state index in [4.69, 9.17) is 9.47 Å². The van der Waals surface area contributed by atoms with Gasteiger partial charge in [-0.25, -0.2) is 4.39 Å². The molecule has 2 atom stereocenters. The third-order valence-electron chi connectivity index (χ3n) is 4.78. The van der Waals surface area contributed by atoms with Gasteiger partial charge < -0.3 is 19.9 Å². The maximum absolute atomic E-state index is 13.8. The van der Waals surface area contributed by atoms with Crippen molar-refractivity contribution < 1.29 is 19.0 Å². The molecule has 1 aliphatic carbocycles. The van der Waals surface area contributed by atoms with Crippen LogP contribution in [0, 0.1) is 5.82 Å². The van der Waals surface area contributed by atoms with Crippen LogP contribution < -0.4 is 14.8 Å². The number of nitrogens with one attached hydrogen (secondary N) is 1. The monoisotopic (exact) mass is 345 g/mol. The van der Waals surface area contributed by atoms with Crippen molar-refractivity contribution in [1.29, 1.82) is 0 Å². The van der Waals surface area contributed by atoms with Gasteiger partial charge in [0.25, 0.3) is 0 Å². The van der Waals surface area contributed by atoms with Gasteiger partial charge in [0.1, 0.15) is 5.82 Å². The zero-order chi connectivity index (χ0) is 17.8. The van der Waals surface area contributed by atoms with Crippen LogP contribution in [0.3, 0.4) is 0 Å². The minimum absolute atomic E-state index is 0.102. The van der Waals surface area contributed by atoms with Crippen molar-refractivity contribution >= 4 is 0 Å². The molecule has 2 unspecified atom stereocenters. The van der Waals surface area contributed by atoms with Gasteiger partial charge in [-0.3, -0.25) is 0 Å². The van der Waals surface area contributed by atoms with Gasteiger partial charge in [-0.2, -0.15) is 0 Å². The van der Waals surface area contributed by atoms with E-state index in [0.717, 1.165) is 30.6 Å². The molecular formula is C20H24FNO3. The maximum atomic E-state index is 13.8. The fourth-order valence-electron chi connectivity index (χ4n) is 3.45. The van der Waals surface area contributed by atoms with E-state index >= 15 is 0 Å². The van der Waals surface area contributed by atoms with E-state index in [0.29, 0.717) is 17.9 Å². The summed E-state index contributed by atoms with van der Waals surface area (Å²) < 4.78 is 24.6. The Labute approximate surface area is 147 Å². The summed E-state index contributed by atoms with van der Waals surface area (Å²) in [4.78, 5) is 0. The fourth-order valence-corrected chi connectivity index (χ4v) is 3.45. The summed E-state index contributed by atoms with van der Waals surface area (Å²) in [6, 6.07) is 10.5. The van der Waals surface area contributed by atoms with Crippen LogP contribution in [-0.2, 0) is 6.42 Å². The first-order chi connectivity index (χ1) is 12.1. The number of aryl methyl sites for hydroxylation is 1. The lowest BCUT2D eigenvalue weighted by Crippen LogP contribution is -2.29. The lowest BCUT2D eigenvalue weighted by Gasteiger charge is -2.28. The Morgan fingerprint density at radius 3 is 2.64 bits per heavy atom. The number of aliphatic hydroxyl groups is 1. The third-order valence-corrected chi connectivity index (χ3v) is 4.78. The molecule has 1 aliphatic rings. The van der Waals surface area contributed by atoms with Gasteiger partial charge in [0.2, 0.25) is 0 Å². The van der Waals surface area contributed by atoms with E-state index in [1.807, 2.05) is 12.1 Å². The Hall–Kier alpha value is -2.11. The topological polar surface area (TPSA) is 50.7 Å². The summed E-state index contributed by atoms with van der Waals surface area (Å²) >= 11 is 0. The second-order valence-electron chi connectivity index (χ2n) is 6.30. The smallest absolute Gasteiger partial charge is 0.161 e. The number of hydrogen-bond donors (Lipinski definition) is 2. The summed E-state index contributed by atoms with van der Waals surface area (Å²) in [6.07, 6.45) is 2.12. The second-order valence-corrected chi connectivity index (χ2v) is 6.30. The molecule has 4 nitrogen and oxygen atoms in total. The largest absolute Gasteiger partial charge is 0.493 e. The summed E-state index contributed by atoms with van der Waals surface area (Å²) in [7, 11) is 3.25. The third kappa shape index (κ3) is 3.78. The predicted molar refractivity (Wildman–Crippen MR) is 94.6 cm³/mol. The van der Waals surface area contributed by atoms with Crippen molar-refractivity contribution in [2.75, 3.05) is 20.8 Å². The van der Waals surface area contributed by atoms with E-state index in [9.17, 15) is 9.50 Å². The molecule has 0 saturated carbocycles. The summed E-state index contributed by atoms with van der Waals surface area (Å²) in [6.45, 7) is 0.291. The highest BCUT2D eigenvalue weighted by atomic mass is 19.1. The lowest BCUT2D eigenvalue weighted by atomic mass is 9.87. The molecule has 2 aromatic carbocycles. The van der Waals surface area contributed by atoms with Crippen molar-refractivity contribution in [2.45, 2.75) is 31.4 Å². The quantitative estimate of drug-likeness (QED) is 0.841. The highest BCUT2D eigenvalue weighted by molar-refractivity contribution is 5.49. The standard InChI is InChI=1S/C20H24FNO3/c1-24-19-10-13-6-5-9-17(15(13)11-20(19)25-2)22-12-18(23)14-7-3-4-8-16(14)21/h3-4,7-8,10-11,17-18,22-23H,5-6,9,12H2,1-2H3. The van der Waals surface area contributed by atoms with Crippen LogP contribution in [0.2, 0.25) is 0 Å². The molecule has 3 rings (SSSR count). The van der Waals surface area contributed by atoms with Gasteiger partial charge >= 0.3 is 0 Å². The van der Waals surface area contributed by atoms with E-state index in [1.54, 1.807) is 32.4 Å². The molecule has 0 radical (unpaired) electrons. The van der Waals surface area contributed by atoms with Crippen LogP contribution in [0.25, 0.3) is 0 Å². The average molecular weight is 345 g/mol. The molecule has 0 amide bonds. The van der Waals surface area contributed by atoms with Gasteiger partial charge in [-0.05, 0) is 48.6 Å². The van der Waals surface area contributed by atoms with Crippen molar-refractivity contribution in [1.82, 2.24) is 5.32 Å². The normalized spacial score (nSPS) is 17.7. The number of hydrogen-bond acceptors (Lipinski definition) is 4. The highest BCUT2D eigenvalue weighted by Crippen LogP contribution is 2.38. The summed E-state index contributed by atoms with van der Waals surface area (Å²) in [5, 5.41) is 13.7. The van der Waals surface area contributed by atoms with E-state index in [1.165, 1.54) is 11.6 Å². The number of rotatable bonds is 6. The number of aliphatic hydroxyl groups excluding tert-OH is 1. The molecular weight excluding hydrogens is 321 g/mol. The van der Waals surface area contributed by atoms with Gasteiger partial charge in [-0.15, -0.1) is 0 Å². The Morgan fingerprint density at radius 2 is 1.92 bits per heavy atom. The molecule has 5 heteroatoms. The second kappa shape index (κ2) is 7.85. The Balaban J connectivity index is 1.76. The average Bonchev–Trinajstić information content (AvgIpc) is 2.65. The van der Waals surface area contributed by atoms with Gasteiger partial charge in [-0.1, -0.05) is 18.2 Å². The fraction of sp³-hybridized carbons (Fsp3) is 0.400. The van der Waals surface area contributed by atoms with E-state index in [2.05, 4.69) is 5.32 Å². The maximum Gasteiger partial charge on any atom is 0.161 e. The molecule has 2 N–H and O–H groups in total. The van der Waals surface area contributed by atoms with Crippen molar-refractivity contribution in [3.05, 3.63) is 58.9 Å². The Kier molecular flexibility index (Phi) is 5.56. The molecule has 0 aliphatic heterocycles. The first-order valence-electron chi connectivity index (χ1n) is 8.54. The molecule has 2 aromatic rings. The van der Waals surface area contributed by atoms with Gasteiger partial charge in [0, 0.05) is 18.2 Å². The van der Waals surface area contributed by atoms with Gasteiger partial charge in [0.15, 0.2) is 11.5 Å². The molecule has 0 fully saturated rings. The minimum atomic E-state index is -0.883. The van der Waals surface area contributed by atoms with Crippen molar-refractivity contribution in [3.63, 3.8) is 0 Å². The molecule has 0 heterocycles. The lowest BCUT2D eigenvalue weighted by molar-refractivity contribution is 0.163. The summed E-state index contributed by atoms with van der Waals surface area (Å²) in [5.74, 6) is 1.05.